The number of rotatable bonds is 8. The predicted molar refractivity (Wildman–Crippen MR) is 122 cm³/mol. The van der Waals surface area contributed by atoms with E-state index in [0.717, 1.165) is 11.3 Å². The monoisotopic (exact) mass is 426 g/mol. The molecule has 0 saturated carbocycles. The van der Waals surface area contributed by atoms with Gasteiger partial charge in [-0.25, -0.2) is 0 Å². The number of ether oxygens (including phenoxy) is 1. The third kappa shape index (κ3) is 5.64. The van der Waals surface area contributed by atoms with Crippen LogP contribution in [0.1, 0.15) is 16.1 Å². The van der Waals surface area contributed by atoms with Crippen LogP contribution in [-0.2, 0) is 11.2 Å². The van der Waals surface area contributed by atoms with Crippen molar-refractivity contribution in [2.24, 2.45) is 0 Å². The van der Waals surface area contributed by atoms with E-state index < -0.39 is 11.9 Å². The quantitative estimate of drug-likeness (QED) is 0.413. The standard InChI is InChI=1S/C26H22N2O4/c29-25(27-20-13-15-22(16-14-20)32-21-10-5-2-6-11-21)23(18-19-8-3-1-4-9-19)28-26(30)24-12-7-17-31-24/h1-17,23H,18H2,(H,27,29)(H,28,30)/t23-/m0/s1. The van der Waals surface area contributed by atoms with Crippen LogP contribution in [0.2, 0.25) is 0 Å². The van der Waals surface area contributed by atoms with Crippen LogP contribution in [0.4, 0.5) is 5.69 Å². The molecule has 2 amide bonds. The van der Waals surface area contributed by atoms with Gasteiger partial charge in [-0.15, -0.1) is 0 Å². The first-order valence-corrected chi connectivity index (χ1v) is 10.2. The Bertz CT molecular complexity index is 1140. The van der Waals surface area contributed by atoms with E-state index in [4.69, 9.17) is 9.15 Å². The summed E-state index contributed by atoms with van der Waals surface area (Å²) in [4.78, 5) is 25.5. The van der Waals surface area contributed by atoms with Gasteiger partial charge in [-0.3, -0.25) is 9.59 Å². The van der Waals surface area contributed by atoms with Crippen LogP contribution in [0.25, 0.3) is 0 Å². The molecule has 0 fully saturated rings. The number of amides is 2. The van der Waals surface area contributed by atoms with Crippen molar-refractivity contribution in [3.05, 3.63) is 115 Å². The van der Waals surface area contributed by atoms with Gasteiger partial charge in [0, 0.05) is 12.1 Å². The minimum absolute atomic E-state index is 0.151. The Morgan fingerprint density at radius 1 is 0.781 bits per heavy atom. The number of hydrogen-bond donors (Lipinski definition) is 2. The highest BCUT2D eigenvalue weighted by Crippen LogP contribution is 2.22. The Labute approximate surface area is 185 Å². The maximum atomic E-state index is 13.0. The third-order valence-electron chi connectivity index (χ3n) is 4.75. The van der Waals surface area contributed by atoms with Crippen molar-refractivity contribution in [2.75, 3.05) is 5.32 Å². The molecule has 32 heavy (non-hydrogen) atoms. The first-order valence-electron chi connectivity index (χ1n) is 10.2. The molecule has 4 rings (SSSR count). The van der Waals surface area contributed by atoms with Crippen molar-refractivity contribution in [1.29, 1.82) is 0 Å². The van der Waals surface area contributed by atoms with Crippen LogP contribution in [0.3, 0.4) is 0 Å². The second-order valence-electron chi connectivity index (χ2n) is 7.12. The second kappa shape index (κ2) is 10.1. The number of para-hydroxylation sites is 1. The summed E-state index contributed by atoms with van der Waals surface area (Å²) in [6.45, 7) is 0. The van der Waals surface area contributed by atoms with Crippen LogP contribution < -0.4 is 15.4 Å². The minimum Gasteiger partial charge on any atom is -0.459 e. The molecule has 0 aliphatic carbocycles. The number of hydrogen-bond acceptors (Lipinski definition) is 4. The Morgan fingerprint density at radius 2 is 1.44 bits per heavy atom. The molecular formula is C26H22N2O4. The number of benzene rings is 3. The Hall–Kier alpha value is -4.32. The van der Waals surface area contributed by atoms with Crippen molar-refractivity contribution >= 4 is 17.5 Å². The van der Waals surface area contributed by atoms with Crippen molar-refractivity contribution < 1.29 is 18.7 Å². The van der Waals surface area contributed by atoms with Gasteiger partial charge in [0.25, 0.3) is 5.91 Å². The van der Waals surface area contributed by atoms with Crippen molar-refractivity contribution in [2.45, 2.75) is 12.5 Å². The lowest BCUT2D eigenvalue weighted by molar-refractivity contribution is -0.118. The summed E-state index contributed by atoms with van der Waals surface area (Å²) in [6, 6.07) is 28.4. The molecular weight excluding hydrogens is 404 g/mol. The smallest absolute Gasteiger partial charge is 0.287 e. The maximum Gasteiger partial charge on any atom is 0.287 e. The second-order valence-corrected chi connectivity index (χ2v) is 7.12. The van der Waals surface area contributed by atoms with E-state index in [1.807, 2.05) is 60.7 Å². The van der Waals surface area contributed by atoms with Crippen LogP contribution in [0.15, 0.2) is 108 Å². The zero-order valence-electron chi connectivity index (χ0n) is 17.2. The molecule has 1 heterocycles. The lowest BCUT2D eigenvalue weighted by Gasteiger charge is -2.18. The van der Waals surface area contributed by atoms with E-state index in [1.165, 1.54) is 6.26 Å². The molecule has 0 radical (unpaired) electrons. The van der Waals surface area contributed by atoms with E-state index in [0.29, 0.717) is 17.9 Å². The normalized spacial score (nSPS) is 11.4. The van der Waals surface area contributed by atoms with E-state index in [9.17, 15) is 9.59 Å². The number of furan rings is 1. The fourth-order valence-electron chi connectivity index (χ4n) is 3.16. The summed E-state index contributed by atoms with van der Waals surface area (Å²) in [6.07, 6.45) is 1.76. The molecule has 0 bridgehead atoms. The summed E-state index contributed by atoms with van der Waals surface area (Å²) in [7, 11) is 0. The molecule has 160 valence electrons. The van der Waals surface area contributed by atoms with E-state index >= 15 is 0 Å². The molecule has 0 aliphatic heterocycles. The molecule has 0 aliphatic rings. The van der Waals surface area contributed by atoms with E-state index in [-0.39, 0.29) is 11.7 Å². The zero-order valence-corrected chi connectivity index (χ0v) is 17.2. The molecule has 4 aromatic rings. The van der Waals surface area contributed by atoms with Crippen LogP contribution in [0.5, 0.6) is 11.5 Å². The number of carbonyl (C=O) groups is 2. The average molecular weight is 426 g/mol. The van der Waals surface area contributed by atoms with Gasteiger partial charge in [-0.2, -0.15) is 0 Å². The third-order valence-corrected chi connectivity index (χ3v) is 4.75. The highest BCUT2D eigenvalue weighted by molar-refractivity contribution is 6.00. The molecule has 1 aromatic heterocycles. The fourth-order valence-corrected chi connectivity index (χ4v) is 3.16. The molecule has 6 nitrogen and oxygen atoms in total. The first-order chi connectivity index (χ1) is 15.7. The van der Waals surface area contributed by atoms with Crippen molar-refractivity contribution in [3.63, 3.8) is 0 Å². The summed E-state index contributed by atoms with van der Waals surface area (Å²) < 4.78 is 10.9. The zero-order chi connectivity index (χ0) is 22.2. The molecule has 2 N–H and O–H groups in total. The summed E-state index contributed by atoms with van der Waals surface area (Å²) >= 11 is 0. The predicted octanol–water partition coefficient (Wildman–Crippen LogP) is 5.05. The molecule has 0 saturated heterocycles. The van der Waals surface area contributed by atoms with Crippen molar-refractivity contribution in [3.8, 4) is 11.5 Å². The lowest BCUT2D eigenvalue weighted by atomic mass is 10.0. The first kappa shape index (κ1) is 20.9. The van der Waals surface area contributed by atoms with Gasteiger partial charge in [-0.1, -0.05) is 48.5 Å². The van der Waals surface area contributed by atoms with Crippen LogP contribution in [0, 0.1) is 0 Å². The van der Waals surface area contributed by atoms with Gasteiger partial charge in [0.2, 0.25) is 5.91 Å². The van der Waals surface area contributed by atoms with Gasteiger partial charge >= 0.3 is 0 Å². The summed E-state index contributed by atoms with van der Waals surface area (Å²) in [5.74, 6) is 0.760. The Balaban J connectivity index is 1.44. The van der Waals surface area contributed by atoms with Crippen molar-refractivity contribution in [1.82, 2.24) is 5.32 Å². The Kier molecular flexibility index (Phi) is 6.63. The highest BCUT2D eigenvalue weighted by atomic mass is 16.5. The molecule has 0 unspecified atom stereocenters. The number of anilines is 1. The molecule has 3 aromatic carbocycles. The van der Waals surface area contributed by atoms with E-state index in [2.05, 4.69) is 10.6 Å². The largest absolute Gasteiger partial charge is 0.459 e. The SMILES string of the molecule is O=C(N[C@@H](Cc1ccccc1)C(=O)Nc1ccc(Oc2ccccc2)cc1)c1ccco1. The summed E-state index contributed by atoms with van der Waals surface area (Å²) in [5.41, 5.74) is 1.53. The van der Waals surface area contributed by atoms with Gasteiger partial charge in [0.05, 0.1) is 6.26 Å². The van der Waals surface area contributed by atoms with Crippen LogP contribution in [-0.4, -0.2) is 17.9 Å². The Morgan fingerprint density at radius 3 is 2.09 bits per heavy atom. The van der Waals surface area contributed by atoms with Gasteiger partial charge in [0.15, 0.2) is 5.76 Å². The minimum atomic E-state index is -0.782. The molecule has 0 spiro atoms. The fraction of sp³-hybridized carbons (Fsp3) is 0.0769. The number of nitrogens with one attached hydrogen (secondary N) is 2. The number of carbonyl (C=O) groups excluding carboxylic acids is 2. The van der Waals surface area contributed by atoms with Crippen LogP contribution >= 0.6 is 0 Å². The average Bonchev–Trinajstić information content (AvgIpc) is 3.36. The maximum absolute atomic E-state index is 13.0. The van der Waals surface area contributed by atoms with Gasteiger partial charge in [-0.05, 0) is 54.1 Å². The lowest BCUT2D eigenvalue weighted by Crippen LogP contribution is -2.45. The van der Waals surface area contributed by atoms with Gasteiger partial charge in [0.1, 0.15) is 17.5 Å². The highest BCUT2D eigenvalue weighted by Gasteiger charge is 2.23. The topological polar surface area (TPSA) is 80.6 Å². The summed E-state index contributed by atoms with van der Waals surface area (Å²) in [5, 5.41) is 5.63. The molecule has 1 atom stereocenters. The molecule has 6 heteroatoms. The van der Waals surface area contributed by atoms with E-state index in [1.54, 1.807) is 36.4 Å². The van der Waals surface area contributed by atoms with Gasteiger partial charge < -0.3 is 19.8 Å².